The monoisotopic (exact) mass is 1080 g/mol. The fourth-order valence-electron chi connectivity index (χ4n) is 7.66. The minimum absolute atomic E-state index is 0.0385. The van der Waals surface area contributed by atoms with Crippen molar-refractivity contribution in [3.8, 4) is 23.0 Å². The maximum atomic E-state index is 15.0. The van der Waals surface area contributed by atoms with E-state index in [1.165, 1.54) is 38.3 Å². The summed E-state index contributed by atoms with van der Waals surface area (Å²) in [7, 11) is 2.41. The summed E-state index contributed by atoms with van der Waals surface area (Å²) in [4.78, 5) is 3.47. The number of anilines is 1. The molecule has 23 heteroatoms. The number of rotatable bonds is 18. The van der Waals surface area contributed by atoms with Gasteiger partial charge in [0.15, 0.2) is 34.0 Å². The van der Waals surface area contributed by atoms with Gasteiger partial charge in [0.05, 0.1) is 25.3 Å². The lowest BCUT2D eigenvalue weighted by Gasteiger charge is -2.37. The number of benzene rings is 6. The van der Waals surface area contributed by atoms with E-state index in [1.807, 2.05) is 0 Å². The lowest BCUT2D eigenvalue weighted by Crippen LogP contribution is -2.40. The third kappa shape index (κ3) is 13.1. The third-order valence-corrected chi connectivity index (χ3v) is 12.0. The topological polar surface area (TPSA) is 87.9 Å². The molecule has 7 nitrogen and oxygen atoms in total. The van der Waals surface area contributed by atoms with E-state index < -0.39 is 82.8 Å². The molecule has 74 heavy (non-hydrogen) atoms. The number of nitrogens with one attached hydrogen (secondary N) is 1. The standard InChI is InChI=1S/C28H21F9N2O2S.C23H19F6NO2/c1-15-23(27(33,34)35)38-25(42-15)39-26(14-16-6-4-3-5-7-16,17-8-9-21(30)22(12-17)40-2)18-10-19(29)13-20(11-18)41-28(36,37)24(31)32;1-31-20-11-15(7-8-19(20)25)22(30,13-14-5-3-2-4-6-14)16-9-17(24)12-18(10-16)32-23(28,29)21(26)27/h3-13,24H,14H2,1-2H3,(H,38,39);2-12,21H,13,30H2,1H3/t26-;22-/m00/s1. The Labute approximate surface area is 416 Å². The molecule has 0 bridgehead atoms. The normalized spacial score (nSPS) is 13.6. The highest BCUT2D eigenvalue weighted by Crippen LogP contribution is 2.44. The van der Waals surface area contributed by atoms with Crippen LogP contribution in [0, 0.1) is 30.2 Å². The van der Waals surface area contributed by atoms with E-state index in [0.717, 1.165) is 43.5 Å². The number of aryl methyl sites for hydroxylation is 1. The Balaban J connectivity index is 0.000000250. The molecule has 0 saturated heterocycles. The molecule has 0 saturated carbocycles. The lowest BCUT2D eigenvalue weighted by atomic mass is 9.77. The molecule has 1 aromatic heterocycles. The van der Waals surface area contributed by atoms with Crippen molar-refractivity contribution in [2.45, 2.75) is 62.1 Å². The average Bonchev–Trinajstić information content (AvgIpc) is 3.71. The van der Waals surface area contributed by atoms with Crippen LogP contribution in [0.3, 0.4) is 0 Å². The Morgan fingerprint density at radius 2 is 1.00 bits per heavy atom. The molecule has 0 amide bonds. The Morgan fingerprint density at radius 1 is 0.554 bits per heavy atom. The second-order valence-electron chi connectivity index (χ2n) is 16.2. The molecule has 1 heterocycles. The van der Waals surface area contributed by atoms with Crippen molar-refractivity contribution in [2.75, 3.05) is 19.5 Å². The van der Waals surface area contributed by atoms with Gasteiger partial charge in [-0.15, -0.1) is 11.3 Å². The highest BCUT2D eigenvalue weighted by Gasteiger charge is 2.46. The SMILES string of the molecule is COc1cc([C@@](N)(Cc2ccccc2)c2cc(F)cc(OC(F)(F)C(F)F)c2)ccc1F.COc1cc([C@](Cc2ccccc2)(Nc2nc(C(F)(F)F)c(C)s2)c2cc(F)cc(OC(F)(F)C(F)F)c2)ccc1F. The van der Waals surface area contributed by atoms with E-state index in [1.54, 1.807) is 60.7 Å². The zero-order valence-electron chi connectivity index (χ0n) is 38.5. The van der Waals surface area contributed by atoms with Crippen LogP contribution >= 0.6 is 11.3 Å². The molecule has 7 rings (SSSR count). The third-order valence-electron chi connectivity index (χ3n) is 11.1. The van der Waals surface area contributed by atoms with Gasteiger partial charge >= 0.3 is 31.2 Å². The summed E-state index contributed by atoms with van der Waals surface area (Å²) < 4.78 is 222. The zero-order valence-corrected chi connectivity index (χ0v) is 39.3. The first-order valence-electron chi connectivity index (χ1n) is 21.4. The molecule has 2 atom stereocenters. The van der Waals surface area contributed by atoms with Crippen molar-refractivity contribution < 1.29 is 84.8 Å². The maximum Gasteiger partial charge on any atom is 0.461 e. The van der Waals surface area contributed by atoms with Gasteiger partial charge in [-0.1, -0.05) is 72.8 Å². The van der Waals surface area contributed by atoms with Crippen molar-refractivity contribution in [1.82, 2.24) is 4.98 Å². The van der Waals surface area contributed by atoms with Crippen molar-refractivity contribution in [1.29, 1.82) is 0 Å². The number of ether oxygens (including phenoxy) is 4. The molecule has 6 aromatic carbocycles. The zero-order chi connectivity index (χ0) is 54.4. The van der Waals surface area contributed by atoms with Gasteiger partial charge in [-0.25, -0.2) is 22.5 Å². The molecule has 7 aromatic rings. The van der Waals surface area contributed by atoms with Crippen LogP contribution < -0.4 is 30.0 Å². The number of hydrogen-bond donors (Lipinski definition) is 2. The first-order chi connectivity index (χ1) is 34.7. The van der Waals surface area contributed by atoms with Crippen LogP contribution in [0.25, 0.3) is 0 Å². The van der Waals surface area contributed by atoms with E-state index in [-0.39, 0.29) is 56.6 Å². The van der Waals surface area contributed by atoms with Crippen molar-refractivity contribution in [3.63, 3.8) is 0 Å². The Hall–Kier alpha value is -7.14. The molecule has 0 fully saturated rings. The second kappa shape index (κ2) is 22.5. The maximum absolute atomic E-state index is 15.0. The summed E-state index contributed by atoms with van der Waals surface area (Å²) in [5, 5.41) is 2.59. The number of nitrogens with zero attached hydrogens (tertiary/aromatic N) is 1. The summed E-state index contributed by atoms with van der Waals surface area (Å²) in [5.41, 5.74) is 3.32. The largest absolute Gasteiger partial charge is 0.494 e. The molecule has 0 aliphatic carbocycles. The molecule has 3 N–H and O–H groups in total. The smallest absolute Gasteiger partial charge is 0.461 e. The Morgan fingerprint density at radius 3 is 1.46 bits per heavy atom. The van der Waals surface area contributed by atoms with Gasteiger partial charge in [-0.2, -0.15) is 48.3 Å². The number of hydrogen-bond acceptors (Lipinski definition) is 8. The molecular weight excluding hydrogens is 1040 g/mol. The number of halogens is 15. The number of alkyl halides is 11. The number of nitrogens with two attached hydrogens (primary N) is 1. The quantitative estimate of drug-likeness (QED) is 0.0828. The fourth-order valence-corrected chi connectivity index (χ4v) is 8.57. The summed E-state index contributed by atoms with van der Waals surface area (Å²) >= 11 is 0.612. The van der Waals surface area contributed by atoms with Gasteiger partial charge in [0.2, 0.25) is 0 Å². The average molecular weight is 1080 g/mol. The fraction of sp³-hybridized carbons (Fsp3) is 0.235. The predicted molar refractivity (Wildman–Crippen MR) is 243 cm³/mol. The van der Waals surface area contributed by atoms with E-state index in [9.17, 15) is 65.9 Å². The highest BCUT2D eigenvalue weighted by atomic mass is 32.1. The lowest BCUT2D eigenvalue weighted by molar-refractivity contribution is -0.253. The summed E-state index contributed by atoms with van der Waals surface area (Å²) in [6, 6.07) is 28.8. The van der Waals surface area contributed by atoms with Crippen LogP contribution in [0.4, 0.5) is 71.0 Å². The molecule has 0 radical (unpaired) electrons. The Bertz CT molecular complexity index is 3020. The van der Waals surface area contributed by atoms with Crippen molar-refractivity contribution in [2.24, 2.45) is 5.73 Å². The predicted octanol–water partition coefficient (Wildman–Crippen LogP) is 14.2. The minimum Gasteiger partial charge on any atom is -0.494 e. The molecular formula is C51H40F15N3O4S. The molecule has 0 spiro atoms. The van der Waals surface area contributed by atoms with Crippen LogP contribution in [-0.2, 0) is 30.1 Å². The van der Waals surface area contributed by atoms with Crippen LogP contribution in [0.2, 0.25) is 0 Å². The van der Waals surface area contributed by atoms with E-state index in [4.69, 9.17) is 15.2 Å². The highest BCUT2D eigenvalue weighted by molar-refractivity contribution is 7.15. The summed E-state index contributed by atoms with van der Waals surface area (Å²) in [5.74, 6) is -5.95. The van der Waals surface area contributed by atoms with Crippen molar-refractivity contribution >= 4 is 16.5 Å². The van der Waals surface area contributed by atoms with Crippen molar-refractivity contribution in [3.05, 3.63) is 201 Å². The van der Waals surface area contributed by atoms with Gasteiger partial charge in [0.25, 0.3) is 0 Å². The van der Waals surface area contributed by atoms with Crippen LogP contribution in [0.1, 0.15) is 44.0 Å². The molecule has 394 valence electrons. The van der Waals surface area contributed by atoms with Crippen LogP contribution in [-0.4, -0.2) is 44.3 Å². The Kier molecular flexibility index (Phi) is 17.1. The first kappa shape index (κ1) is 56.2. The number of aromatic nitrogens is 1. The number of thiazole rings is 1. The van der Waals surface area contributed by atoms with E-state index in [0.29, 0.717) is 34.6 Å². The van der Waals surface area contributed by atoms with Crippen LogP contribution in [0.5, 0.6) is 23.0 Å². The molecule has 0 aliphatic heterocycles. The molecule has 0 unspecified atom stereocenters. The second-order valence-corrected chi connectivity index (χ2v) is 17.4. The minimum atomic E-state index is -4.99. The number of methoxy groups -OCH3 is 2. The van der Waals surface area contributed by atoms with E-state index in [2.05, 4.69) is 19.8 Å². The first-order valence-corrected chi connectivity index (χ1v) is 22.2. The van der Waals surface area contributed by atoms with Gasteiger partial charge in [-0.3, -0.25) is 0 Å². The molecule has 0 aliphatic rings. The van der Waals surface area contributed by atoms with Gasteiger partial charge in [0, 0.05) is 23.4 Å². The van der Waals surface area contributed by atoms with Gasteiger partial charge in [-0.05, 0) is 95.3 Å². The summed E-state index contributed by atoms with van der Waals surface area (Å²) in [6.07, 6.45) is -23.2. The van der Waals surface area contributed by atoms with E-state index >= 15 is 0 Å². The van der Waals surface area contributed by atoms with Crippen LogP contribution in [0.15, 0.2) is 133 Å². The summed E-state index contributed by atoms with van der Waals surface area (Å²) in [6.45, 7) is 1.19. The van der Waals surface area contributed by atoms with Gasteiger partial charge in [0.1, 0.15) is 23.1 Å². The van der Waals surface area contributed by atoms with Gasteiger partial charge < -0.3 is 30.0 Å².